The maximum absolute atomic E-state index is 11.7. The number of rotatable bonds is 15. The summed E-state index contributed by atoms with van der Waals surface area (Å²) in [5.74, 6) is 0.817. The molecule has 0 aromatic heterocycles. The van der Waals surface area contributed by atoms with Crippen LogP contribution in [0.5, 0.6) is 0 Å². The third-order valence-electron chi connectivity index (χ3n) is 4.85. The van der Waals surface area contributed by atoms with Gasteiger partial charge in [-0.3, -0.25) is 4.79 Å². The topological polar surface area (TPSA) is 26.3 Å². The maximum atomic E-state index is 11.7. The Balaban J connectivity index is 1.88. The van der Waals surface area contributed by atoms with E-state index in [4.69, 9.17) is 4.74 Å². The molecule has 1 rings (SSSR count). The first-order chi connectivity index (χ1) is 12.8. The van der Waals surface area contributed by atoms with Crippen LogP contribution in [-0.4, -0.2) is 5.97 Å². The van der Waals surface area contributed by atoms with Crippen molar-refractivity contribution in [2.45, 2.75) is 110 Å². The third kappa shape index (κ3) is 13.9. The van der Waals surface area contributed by atoms with Gasteiger partial charge < -0.3 is 4.74 Å². The van der Waals surface area contributed by atoms with E-state index in [1.807, 2.05) is 0 Å². The first-order valence-electron chi connectivity index (χ1n) is 11.0. The van der Waals surface area contributed by atoms with Crippen molar-refractivity contribution in [2.75, 3.05) is 0 Å². The zero-order valence-corrected chi connectivity index (χ0v) is 17.0. The normalized spacial score (nSPS) is 14.9. The fraction of sp³-hybridized carbons (Fsp3) is 0.708. The summed E-state index contributed by atoms with van der Waals surface area (Å²) < 4.78 is 5.39. The number of hydrogen-bond acceptors (Lipinski definition) is 2. The molecule has 148 valence electrons. The lowest BCUT2D eigenvalue weighted by Crippen LogP contribution is -2.06. The summed E-state index contributed by atoms with van der Waals surface area (Å²) >= 11 is 0. The predicted molar refractivity (Wildman–Crippen MR) is 112 cm³/mol. The van der Waals surface area contributed by atoms with E-state index in [0.29, 0.717) is 6.42 Å². The summed E-state index contributed by atoms with van der Waals surface area (Å²) in [5.41, 5.74) is 0. The lowest BCUT2D eigenvalue weighted by molar-refractivity contribution is -0.139. The Morgan fingerprint density at radius 1 is 0.923 bits per heavy atom. The van der Waals surface area contributed by atoms with E-state index in [0.717, 1.165) is 37.9 Å². The van der Waals surface area contributed by atoms with Gasteiger partial charge >= 0.3 is 5.97 Å². The van der Waals surface area contributed by atoms with E-state index in [2.05, 4.69) is 37.3 Å². The molecule has 1 aliphatic rings. The van der Waals surface area contributed by atoms with Crippen molar-refractivity contribution in [1.82, 2.24) is 0 Å². The molecule has 0 spiro atoms. The molecule has 0 fully saturated rings. The molecule has 0 N–H and O–H groups in total. The fourth-order valence-corrected chi connectivity index (χ4v) is 3.21. The molecule has 0 aromatic carbocycles. The van der Waals surface area contributed by atoms with Gasteiger partial charge in [0.05, 0.1) is 0 Å². The van der Waals surface area contributed by atoms with Gasteiger partial charge in [-0.25, -0.2) is 0 Å². The van der Waals surface area contributed by atoms with Crippen LogP contribution in [0.3, 0.4) is 0 Å². The molecule has 0 aromatic rings. The average Bonchev–Trinajstić information content (AvgIpc) is 2.65. The SMILES string of the molecule is CCCCCCCCCCC=CC=CCCCC(=O)OC1=CCCCC1. The van der Waals surface area contributed by atoms with E-state index in [9.17, 15) is 4.79 Å². The molecule has 0 heterocycles. The molecule has 2 heteroatoms. The van der Waals surface area contributed by atoms with Crippen LogP contribution >= 0.6 is 0 Å². The van der Waals surface area contributed by atoms with Gasteiger partial charge in [0, 0.05) is 12.8 Å². The lowest BCUT2D eigenvalue weighted by atomic mass is 10.1. The minimum atomic E-state index is -0.0724. The smallest absolute Gasteiger partial charge is 0.310 e. The third-order valence-corrected chi connectivity index (χ3v) is 4.85. The second kappa shape index (κ2) is 17.1. The van der Waals surface area contributed by atoms with Gasteiger partial charge in [0.1, 0.15) is 5.76 Å². The highest BCUT2D eigenvalue weighted by molar-refractivity contribution is 5.70. The first kappa shape index (κ1) is 22.7. The highest BCUT2D eigenvalue weighted by Gasteiger charge is 2.09. The van der Waals surface area contributed by atoms with E-state index in [1.165, 1.54) is 64.2 Å². The molecule has 0 radical (unpaired) electrons. The predicted octanol–water partition coefficient (Wildman–Crippen LogP) is 7.80. The molecule has 0 saturated carbocycles. The van der Waals surface area contributed by atoms with Crippen LogP contribution in [0.4, 0.5) is 0 Å². The van der Waals surface area contributed by atoms with Gasteiger partial charge in [0.15, 0.2) is 0 Å². The van der Waals surface area contributed by atoms with Gasteiger partial charge in [-0.05, 0) is 51.0 Å². The summed E-state index contributed by atoms with van der Waals surface area (Å²) in [4.78, 5) is 11.7. The first-order valence-corrected chi connectivity index (χ1v) is 11.0. The molecule has 0 atom stereocenters. The van der Waals surface area contributed by atoms with Gasteiger partial charge in [0.25, 0.3) is 0 Å². The molecule has 0 unspecified atom stereocenters. The van der Waals surface area contributed by atoms with Crippen LogP contribution in [-0.2, 0) is 9.53 Å². The van der Waals surface area contributed by atoms with Crippen LogP contribution in [0.1, 0.15) is 110 Å². The van der Waals surface area contributed by atoms with Crippen LogP contribution < -0.4 is 0 Å². The van der Waals surface area contributed by atoms with Crippen molar-refractivity contribution in [3.05, 3.63) is 36.1 Å². The molecule has 26 heavy (non-hydrogen) atoms. The van der Waals surface area contributed by atoms with Crippen molar-refractivity contribution < 1.29 is 9.53 Å². The summed E-state index contributed by atoms with van der Waals surface area (Å²) in [7, 11) is 0. The summed E-state index contributed by atoms with van der Waals surface area (Å²) in [6, 6.07) is 0. The highest BCUT2D eigenvalue weighted by Crippen LogP contribution is 2.19. The Morgan fingerprint density at radius 3 is 2.23 bits per heavy atom. The van der Waals surface area contributed by atoms with E-state index in [1.54, 1.807) is 0 Å². The summed E-state index contributed by atoms with van der Waals surface area (Å²) in [6.45, 7) is 2.27. The molecular weight excluding hydrogens is 320 g/mol. The Labute approximate surface area is 161 Å². The fourth-order valence-electron chi connectivity index (χ4n) is 3.21. The van der Waals surface area contributed by atoms with E-state index < -0.39 is 0 Å². The number of esters is 1. The number of hydrogen-bond donors (Lipinski definition) is 0. The van der Waals surface area contributed by atoms with Gasteiger partial charge in [-0.1, -0.05) is 76.2 Å². The standard InChI is InChI=1S/C24H40O2/c1-2-3-4-5-6-7-8-9-10-11-12-13-14-15-19-22-24(25)26-23-20-17-16-18-21-23/h11-14,20H,2-10,15-19,21-22H2,1H3. The minimum absolute atomic E-state index is 0.0724. The molecule has 0 saturated heterocycles. The zero-order valence-electron chi connectivity index (χ0n) is 17.0. The zero-order chi connectivity index (χ0) is 18.7. The van der Waals surface area contributed by atoms with Gasteiger partial charge in [-0.2, -0.15) is 0 Å². The quantitative estimate of drug-likeness (QED) is 0.169. The Bertz CT molecular complexity index is 431. The second-order valence-electron chi connectivity index (χ2n) is 7.40. The van der Waals surface area contributed by atoms with Crippen LogP contribution in [0, 0.1) is 0 Å². The molecule has 0 amide bonds. The number of ether oxygens (including phenoxy) is 1. The van der Waals surface area contributed by atoms with Crippen LogP contribution in [0.25, 0.3) is 0 Å². The monoisotopic (exact) mass is 360 g/mol. The number of carbonyl (C=O) groups is 1. The second-order valence-corrected chi connectivity index (χ2v) is 7.40. The molecule has 0 aliphatic heterocycles. The minimum Gasteiger partial charge on any atom is -0.431 e. The maximum Gasteiger partial charge on any atom is 0.310 e. The van der Waals surface area contributed by atoms with Crippen molar-refractivity contribution in [1.29, 1.82) is 0 Å². The van der Waals surface area contributed by atoms with Gasteiger partial charge in [-0.15, -0.1) is 0 Å². The molecule has 1 aliphatic carbocycles. The van der Waals surface area contributed by atoms with Crippen LogP contribution in [0.2, 0.25) is 0 Å². The Hall–Kier alpha value is -1.31. The van der Waals surface area contributed by atoms with Crippen molar-refractivity contribution in [2.24, 2.45) is 0 Å². The van der Waals surface area contributed by atoms with Gasteiger partial charge in [0.2, 0.25) is 0 Å². The molecule has 2 nitrogen and oxygen atoms in total. The number of unbranched alkanes of at least 4 members (excludes halogenated alkanes) is 9. The average molecular weight is 361 g/mol. The Morgan fingerprint density at radius 2 is 1.58 bits per heavy atom. The van der Waals surface area contributed by atoms with Crippen molar-refractivity contribution in [3.63, 3.8) is 0 Å². The number of carbonyl (C=O) groups excluding carboxylic acids is 1. The van der Waals surface area contributed by atoms with Crippen molar-refractivity contribution >= 4 is 5.97 Å². The molecular formula is C24H40O2. The highest BCUT2D eigenvalue weighted by atomic mass is 16.5. The summed E-state index contributed by atoms with van der Waals surface area (Å²) in [5, 5.41) is 0. The number of allylic oxidation sites excluding steroid dienone is 6. The van der Waals surface area contributed by atoms with Crippen LogP contribution in [0.15, 0.2) is 36.1 Å². The lowest BCUT2D eigenvalue weighted by Gasteiger charge is -2.12. The summed E-state index contributed by atoms with van der Waals surface area (Å²) in [6.07, 6.45) is 29.6. The largest absolute Gasteiger partial charge is 0.431 e. The van der Waals surface area contributed by atoms with E-state index in [-0.39, 0.29) is 5.97 Å². The van der Waals surface area contributed by atoms with Crippen molar-refractivity contribution in [3.8, 4) is 0 Å². The Kier molecular flexibility index (Phi) is 15.0. The van der Waals surface area contributed by atoms with E-state index >= 15 is 0 Å². The molecule has 0 bridgehead atoms.